The molecule has 0 aromatic carbocycles. The second-order valence-corrected chi connectivity index (χ2v) is 22.8. The third kappa shape index (κ3) is 6.83. The number of esters is 1. The SMILES string of the molecule is CC1(C)C[C@@H]2C3=CC[C@@H]4[C@@]5(C)CC[C@H](O[C@@H]6O[C@H](CO[C@@H]7OC[C@@H](O)[C@@H](O)[C@H]7O[C@@H]7OC[C@@H](O)[C@H](O)[C@H]7O)[C@@H](O)[C@H](O)[C@H]6O)C(C)(C)[C@@H]5CC[C@@]4(C)[C@]3(C)C[C@@H](O)[C@@]23C[C@@H]1OC3=O. The van der Waals surface area contributed by atoms with Crippen molar-refractivity contribution in [3.8, 4) is 0 Å². The molecule has 4 saturated carbocycles. The minimum absolute atomic E-state index is 0.0677. The van der Waals surface area contributed by atoms with Gasteiger partial charge in [-0.1, -0.05) is 60.1 Å². The molecule has 8 fully saturated rings. The zero-order valence-electron chi connectivity index (χ0n) is 37.6. The smallest absolute Gasteiger partial charge is 0.315 e. The fourth-order valence-corrected chi connectivity index (χ4v) is 15.0. The lowest BCUT2D eigenvalue weighted by atomic mass is 9.33. The minimum Gasteiger partial charge on any atom is -0.461 e. The molecule has 0 unspecified atom stereocenters. The van der Waals surface area contributed by atoms with E-state index in [1.165, 1.54) is 5.57 Å². The van der Waals surface area contributed by atoms with Crippen molar-refractivity contribution in [1.29, 1.82) is 0 Å². The Morgan fingerprint density at radius 3 is 2.08 bits per heavy atom. The van der Waals surface area contributed by atoms with Gasteiger partial charge >= 0.3 is 5.97 Å². The van der Waals surface area contributed by atoms with Crippen molar-refractivity contribution in [2.24, 2.45) is 50.2 Å². The van der Waals surface area contributed by atoms with Crippen LogP contribution in [-0.4, -0.2) is 170 Å². The van der Waals surface area contributed by atoms with Crippen molar-refractivity contribution in [3.63, 3.8) is 0 Å². The molecular formula is C46H72O17. The number of ether oxygens (including phenoxy) is 7. The van der Waals surface area contributed by atoms with Crippen molar-refractivity contribution < 1.29 is 83.9 Å². The predicted molar refractivity (Wildman–Crippen MR) is 218 cm³/mol. The standard InChI is InChI=1S/C46H72O17/c1-41(2)14-21-20-8-9-26-43(5)12-11-28(42(3,4)25(43)10-13-44(26,6)45(20,7)15-27(49)46(21)16-29(41)62-40(46)56)61-38-35(55)33(53)32(52)24(60-38)19-59-39-36(31(51)23(48)18-58-39)63-37-34(54)30(50)22(47)17-57-37/h8,21-39,47-55H,9-19H2,1-7H3/t21-,22-,23-,24-,25+,26-,27-,28+,29+,30+,31-,32-,33+,34-,35-,36-,37+,38+,39+,43+,44-,45-,46-/m1/s1. The Morgan fingerprint density at radius 1 is 0.698 bits per heavy atom. The Labute approximate surface area is 369 Å². The Morgan fingerprint density at radius 2 is 1.37 bits per heavy atom. The van der Waals surface area contributed by atoms with Crippen molar-refractivity contribution >= 4 is 5.97 Å². The van der Waals surface area contributed by atoms with Crippen LogP contribution in [0.1, 0.15) is 99.8 Å². The average molecular weight is 897 g/mol. The summed E-state index contributed by atoms with van der Waals surface area (Å²) < 4.78 is 41.4. The molecule has 5 aliphatic carbocycles. The summed E-state index contributed by atoms with van der Waals surface area (Å²) in [4.78, 5) is 13.7. The number of aliphatic hydroxyl groups is 9. The lowest BCUT2D eigenvalue weighted by Gasteiger charge is -2.71. The van der Waals surface area contributed by atoms with Crippen molar-refractivity contribution in [1.82, 2.24) is 0 Å². The van der Waals surface area contributed by atoms with Gasteiger partial charge < -0.3 is 79.1 Å². The van der Waals surface area contributed by atoms with Crippen molar-refractivity contribution in [3.05, 3.63) is 11.6 Å². The molecule has 0 radical (unpaired) electrons. The van der Waals surface area contributed by atoms with E-state index in [0.717, 1.165) is 32.1 Å². The maximum absolute atomic E-state index is 13.7. The van der Waals surface area contributed by atoms with Gasteiger partial charge in [0.25, 0.3) is 0 Å². The summed E-state index contributed by atoms with van der Waals surface area (Å²) in [5.74, 6) is 0.186. The molecule has 0 amide bonds. The lowest BCUT2D eigenvalue weighted by Crippen LogP contribution is -2.67. The Hall–Kier alpha value is -1.39. The predicted octanol–water partition coefficient (Wildman–Crippen LogP) is 0.406. The molecular weight excluding hydrogens is 824 g/mol. The van der Waals surface area contributed by atoms with Gasteiger partial charge in [0.05, 0.1) is 32.0 Å². The van der Waals surface area contributed by atoms with Crippen LogP contribution in [0.2, 0.25) is 0 Å². The van der Waals surface area contributed by atoms with Gasteiger partial charge in [0, 0.05) is 11.8 Å². The number of aliphatic hydroxyl groups excluding tert-OH is 9. The van der Waals surface area contributed by atoms with Crippen LogP contribution in [-0.2, 0) is 38.0 Å². The first-order chi connectivity index (χ1) is 29.4. The van der Waals surface area contributed by atoms with Crippen LogP contribution in [0.5, 0.6) is 0 Å². The summed E-state index contributed by atoms with van der Waals surface area (Å²) in [5.41, 5.74) is -0.746. The summed E-state index contributed by atoms with van der Waals surface area (Å²) in [5, 5.41) is 97.2. The number of fused-ring (bicyclic) bond motifs is 7. The van der Waals surface area contributed by atoms with E-state index < -0.39 is 110 Å². The summed E-state index contributed by atoms with van der Waals surface area (Å²) in [6, 6.07) is 0. The van der Waals surface area contributed by atoms with E-state index in [2.05, 4.69) is 54.5 Å². The number of carbonyl (C=O) groups excluding carboxylic acids is 1. The fraction of sp³-hybridized carbons (Fsp3) is 0.935. The highest BCUT2D eigenvalue weighted by Crippen LogP contribution is 2.76. The molecule has 9 N–H and O–H groups in total. The maximum atomic E-state index is 13.7. The molecule has 17 nitrogen and oxygen atoms in total. The van der Waals surface area contributed by atoms with Gasteiger partial charge in [-0.25, -0.2) is 0 Å². The van der Waals surface area contributed by atoms with Crippen LogP contribution < -0.4 is 0 Å². The lowest BCUT2D eigenvalue weighted by molar-refractivity contribution is -0.357. The van der Waals surface area contributed by atoms with E-state index in [9.17, 15) is 50.8 Å². The molecule has 0 aromatic rings. The van der Waals surface area contributed by atoms with E-state index in [4.69, 9.17) is 33.2 Å². The van der Waals surface area contributed by atoms with Gasteiger partial charge in [-0.3, -0.25) is 4.79 Å². The van der Waals surface area contributed by atoms with Gasteiger partial charge in [0.15, 0.2) is 18.9 Å². The van der Waals surface area contributed by atoms with Crippen molar-refractivity contribution in [2.45, 2.75) is 198 Å². The third-order valence-electron chi connectivity index (χ3n) is 19.0. The molecule has 0 aromatic heterocycles. The monoisotopic (exact) mass is 896 g/mol. The van der Waals surface area contributed by atoms with Gasteiger partial charge in [-0.2, -0.15) is 0 Å². The van der Waals surface area contributed by atoms with Gasteiger partial charge in [0.2, 0.25) is 0 Å². The molecule has 358 valence electrons. The zero-order chi connectivity index (χ0) is 45.6. The van der Waals surface area contributed by atoms with E-state index in [0.29, 0.717) is 19.3 Å². The quantitative estimate of drug-likeness (QED) is 0.0952. The number of allylic oxidation sites excluding steroid dienone is 2. The third-order valence-corrected chi connectivity index (χ3v) is 19.0. The molecule has 1 spiro atoms. The number of rotatable bonds is 7. The van der Waals surface area contributed by atoms with Gasteiger partial charge in [-0.15, -0.1) is 0 Å². The summed E-state index contributed by atoms with van der Waals surface area (Å²) in [6.45, 7) is 14.8. The zero-order valence-corrected chi connectivity index (χ0v) is 37.6. The maximum Gasteiger partial charge on any atom is 0.315 e. The van der Waals surface area contributed by atoms with Gasteiger partial charge in [-0.05, 0) is 84.4 Å². The Balaban J connectivity index is 0.896. The first kappa shape index (κ1) is 46.7. The Kier molecular flexibility index (Phi) is 11.7. The van der Waals surface area contributed by atoms with Crippen LogP contribution in [0.3, 0.4) is 0 Å². The first-order valence-corrected chi connectivity index (χ1v) is 23.3. The highest BCUT2D eigenvalue weighted by atomic mass is 16.8. The van der Waals surface area contributed by atoms with Crippen LogP contribution in [0.4, 0.5) is 0 Å². The topological polar surface area (TPSA) is 264 Å². The van der Waals surface area contributed by atoms with Crippen LogP contribution in [0.25, 0.3) is 0 Å². The summed E-state index contributed by atoms with van der Waals surface area (Å²) in [7, 11) is 0. The normalized spacial score (nSPS) is 56.0. The van der Waals surface area contributed by atoms with E-state index in [1.807, 2.05) is 0 Å². The van der Waals surface area contributed by atoms with Crippen LogP contribution in [0.15, 0.2) is 11.6 Å². The molecule has 63 heavy (non-hydrogen) atoms. The molecule has 4 saturated heterocycles. The number of hydrogen-bond donors (Lipinski definition) is 9. The van der Waals surface area contributed by atoms with Crippen molar-refractivity contribution in [2.75, 3.05) is 19.8 Å². The van der Waals surface area contributed by atoms with E-state index in [-0.39, 0.29) is 64.7 Å². The minimum atomic E-state index is -1.70. The summed E-state index contributed by atoms with van der Waals surface area (Å²) >= 11 is 0. The molecule has 4 aliphatic heterocycles. The van der Waals surface area contributed by atoms with Gasteiger partial charge in [0.1, 0.15) is 72.6 Å². The Bertz CT molecular complexity index is 1780. The second kappa shape index (κ2) is 15.8. The first-order valence-electron chi connectivity index (χ1n) is 23.3. The average Bonchev–Trinajstić information content (AvgIpc) is 3.54. The summed E-state index contributed by atoms with van der Waals surface area (Å²) in [6.07, 6.45) is -12.4. The highest BCUT2D eigenvalue weighted by Gasteiger charge is 2.74. The molecule has 9 rings (SSSR count). The largest absolute Gasteiger partial charge is 0.461 e. The molecule has 17 heteroatoms. The van der Waals surface area contributed by atoms with E-state index >= 15 is 0 Å². The number of hydrogen-bond acceptors (Lipinski definition) is 17. The van der Waals surface area contributed by atoms with Crippen LogP contribution >= 0.6 is 0 Å². The molecule has 4 heterocycles. The molecule has 23 atom stereocenters. The second-order valence-electron chi connectivity index (χ2n) is 22.8. The molecule has 9 aliphatic rings. The fourth-order valence-electron chi connectivity index (χ4n) is 15.0. The number of carbonyl (C=O) groups is 1. The van der Waals surface area contributed by atoms with Crippen LogP contribution in [0, 0.1) is 50.2 Å². The molecule has 2 bridgehead atoms. The highest BCUT2D eigenvalue weighted by molar-refractivity contribution is 5.82. The van der Waals surface area contributed by atoms with E-state index in [1.54, 1.807) is 0 Å².